The van der Waals surface area contributed by atoms with E-state index in [1.54, 1.807) is 0 Å². The number of hydrogen-bond donors (Lipinski definition) is 2. The molecule has 7 nitrogen and oxygen atoms in total. The minimum atomic E-state index is -4.13. The molecule has 1 fully saturated rings. The van der Waals surface area contributed by atoms with Crippen molar-refractivity contribution in [1.82, 2.24) is 10.2 Å². The van der Waals surface area contributed by atoms with Crippen LogP contribution in [0.1, 0.15) is 40.2 Å². The molecule has 1 amide bonds. The molecule has 3 aromatic rings. The Morgan fingerprint density at radius 1 is 1.06 bits per heavy atom. The number of halogens is 3. The van der Waals surface area contributed by atoms with Crippen molar-refractivity contribution in [2.75, 3.05) is 5.32 Å². The Hall–Kier alpha value is -2.83. The summed E-state index contributed by atoms with van der Waals surface area (Å²) < 4.78 is 64.7. The molecule has 0 saturated heterocycles. The first-order valence-electron chi connectivity index (χ1n) is 9.03. The SMILES string of the molecule is NS(=O)(=O)c1ccc(F)c(C(=O)Nc2nnc(C3(c4ccc(F)cc4F)CCC3)s2)c1. The molecule has 1 aromatic heterocycles. The lowest BCUT2D eigenvalue weighted by atomic mass is 9.64. The summed E-state index contributed by atoms with van der Waals surface area (Å²) in [6.45, 7) is 0. The van der Waals surface area contributed by atoms with Gasteiger partial charge in [0.25, 0.3) is 5.91 Å². The molecule has 1 aliphatic rings. The van der Waals surface area contributed by atoms with E-state index in [4.69, 9.17) is 5.14 Å². The van der Waals surface area contributed by atoms with Gasteiger partial charge in [0.2, 0.25) is 15.2 Å². The molecule has 31 heavy (non-hydrogen) atoms. The second-order valence-corrected chi connectivity index (χ2v) is 9.65. The first-order valence-corrected chi connectivity index (χ1v) is 11.4. The minimum absolute atomic E-state index is 0.0224. The van der Waals surface area contributed by atoms with Crippen LogP contribution in [0.25, 0.3) is 0 Å². The number of amides is 1. The fourth-order valence-electron chi connectivity index (χ4n) is 3.49. The van der Waals surface area contributed by atoms with Crippen LogP contribution in [0.15, 0.2) is 41.3 Å². The third kappa shape index (κ3) is 3.93. The van der Waals surface area contributed by atoms with Gasteiger partial charge in [-0.2, -0.15) is 0 Å². The van der Waals surface area contributed by atoms with Crippen LogP contribution in [0.4, 0.5) is 18.3 Å². The normalized spacial score (nSPS) is 15.4. The number of carbonyl (C=O) groups excluding carboxylic acids is 1. The third-order valence-corrected chi connectivity index (χ3v) is 7.17. The fraction of sp³-hybridized carbons (Fsp3) is 0.211. The number of aromatic nitrogens is 2. The number of rotatable bonds is 5. The number of hydrogen-bond acceptors (Lipinski definition) is 6. The van der Waals surface area contributed by atoms with Crippen molar-refractivity contribution < 1.29 is 26.4 Å². The summed E-state index contributed by atoms with van der Waals surface area (Å²) in [4.78, 5) is 12.0. The second kappa shape index (κ2) is 7.70. The van der Waals surface area contributed by atoms with Gasteiger partial charge < -0.3 is 0 Å². The minimum Gasteiger partial charge on any atom is -0.296 e. The van der Waals surface area contributed by atoms with Crippen molar-refractivity contribution in [1.29, 1.82) is 0 Å². The van der Waals surface area contributed by atoms with E-state index < -0.39 is 49.3 Å². The van der Waals surface area contributed by atoms with Crippen LogP contribution >= 0.6 is 11.3 Å². The Morgan fingerprint density at radius 3 is 2.42 bits per heavy atom. The summed E-state index contributed by atoms with van der Waals surface area (Å²) in [6, 6.07) is 5.94. The maximum absolute atomic E-state index is 14.4. The Balaban J connectivity index is 1.62. The van der Waals surface area contributed by atoms with Crippen LogP contribution in [0.5, 0.6) is 0 Å². The molecular formula is C19H15F3N4O3S2. The lowest BCUT2D eigenvalue weighted by molar-refractivity contribution is 0.102. The Bertz CT molecular complexity index is 1290. The van der Waals surface area contributed by atoms with Crippen LogP contribution < -0.4 is 10.5 Å². The molecule has 12 heteroatoms. The van der Waals surface area contributed by atoms with Gasteiger partial charge in [-0.25, -0.2) is 26.7 Å². The molecule has 2 aromatic carbocycles. The van der Waals surface area contributed by atoms with Gasteiger partial charge in [-0.15, -0.1) is 10.2 Å². The number of nitrogens with zero attached hydrogens (tertiary/aromatic N) is 2. The summed E-state index contributed by atoms with van der Waals surface area (Å²) in [5.74, 6) is -3.27. The number of anilines is 1. The van der Waals surface area contributed by atoms with Crippen LogP contribution in [-0.4, -0.2) is 24.5 Å². The Kier molecular flexibility index (Phi) is 5.31. The summed E-state index contributed by atoms with van der Waals surface area (Å²) >= 11 is 0.982. The van der Waals surface area contributed by atoms with E-state index in [1.165, 1.54) is 12.1 Å². The smallest absolute Gasteiger partial charge is 0.260 e. The first-order chi connectivity index (χ1) is 14.6. The standard InChI is InChI=1S/C19H15F3N4O3S2/c20-10-2-4-13(15(22)8-10)19(6-1-7-19)17-25-26-18(30-17)24-16(27)12-9-11(31(23,28)29)3-5-14(12)21/h2-5,8-9H,1,6-7H2,(H2,23,28,29)(H,24,26,27). The quantitative estimate of drug-likeness (QED) is 0.596. The van der Waals surface area contributed by atoms with Crippen molar-refractivity contribution in [3.63, 3.8) is 0 Å². The highest BCUT2D eigenvalue weighted by Gasteiger charge is 2.45. The van der Waals surface area contributed by atoms with Crippen molar-refractivity contribution >= 4 is 32.4 Å². The molecule has 162 valence electrons. The number of nitrogens with two attached hydrogens (primary N) is 1. The maximum atomic E-state index is 14.4. The largest absolute Gasteiger partial charge is 0.296 e. The summed E-state index contributed by atoms with van der Waals surface area (Å²) in [6.07, 6.45) is 1.95. The number of primary sulfonamides is 1. The van der Waals surface area contributed by atoms with E-state index in [0.29, 0.717) is 23.4 Å². The molecule has 1 saturated carbocycles. The average molecular weight is 468 g/mol. The average Bonchev–Trinajstić information content (AvgIpc) is 3.10. The predicted octanol–water partition coefficient (Wildman–Crippen LogP) is 3.33. The molecule has 0 radical (unpaired) electrons. The van der Waals surface area contributed by atoms with E-state index in [0.717, 1.165) is 42.0 Å². The number of nitrogens with one attached hydrogen (secondary N) is 1. The molecule has 3 N–H and O–H groups in total. The van der Waals surface area contributed by atoms with Gasteiger partial charge in [0.1, 0.15) is 22.5 Å². The molecular weight excluding hydrogens is 453 g/mol. The van der Waals surface area contributed by atoms with Gasteiger partial charge >= 0.3 is 0 Å². The van der Waals surface area contributed by atoms with Crippen LogP contribution in [0.3, 0.4) is 0 Å². The molecule has 1 heterocycles. The first kappa shape index (κ1) is 21.4. The lowest BCUT2D eigenvalue weighted by Gasteiger charge is -2.40. The third-order valence-electron chi connectivity index (χ3n) is 5.22. The van der Waals surface area contributed by atoms with Gasteiger partial charge in [-0.1, -0.05) is 23.8 Å². The molecule has 0 atom stereocenters. The number of sulfonamides is 1. The van der Waals surface area contributed by atoms with E-state index in [1.807, 2.05) is 0 Å². The van der Waals surface area contributed by atoms with Crippen LogP contribution in [0, 0.1) is 17.5 Å². The summed E-state index contributed by atoms with van der Waals surface area (Å²) in [7, 11) is -4.13. The topological polar surface area (TPSA) is 115 Å². The summed E-state index contributed by atoms with van der Waals surface area (Å²) in [5, 5.41) is 15.8. The van der Waals surface area contributed by atoms with Gasteiger partial charge in [0.15, 0.2) is 0 Å². The molecule has 0 spiro atoms. The molecule has 0 aliphatic heterocycles. The highest BCUT2D eigenvalue weighted by Crippen LogP contribution is 2.51. The van der Waals surface area contributed by atoms with Crippen molar-refractivity contribution in [2.24, 2.45) is 5.14 Å². The predicted molar refractivity (Wildman–Crippen MR) is 107 cm³/mol. The van der Waals surface area contributed by atoms with Gasteiger partial charge in [0.05, 0.1) is 15.9 Å². The second-order valence-electron chi connectivity index (χ2n) is 7.11. The zero-order valence-electron chi connectivity index (χ0n) is 15.7. The van der Waals surface area contributed by atoms with Crippen LogP contribution in [-0.2, 0) is 15.4 Å². The van der Waals surface area contributed by atoms with E-state index in [9.17, 15) is 26.4 Å². The molecule has 1 aliphatic carbocycles. The van der Waals surface area contributed by atoms with Crippen molar-refractivity contribution in [3.05, 3.63) is 70.0 Å². The maximum Gasteiger partial charge on any atom is 0.260 e. The van der Waals surface area contributed by atoms with E-state index >= 15 is 0 Å². The Morgan fingerprint density at radius 2 is 1.81 bits per heavy atom. The van der Waals surface area contributed by atoms with Gasteiger partial charge in [-0.3, -0.25) is 10.1 Å². The zero-order chi connectivity index (χ0) is 22.4. The van der Waals surface area contributed by atoms with Gasteiger partial charge in [0, 0.05) is 11.6 Å². The summed E-state index contributed by atoms with van der Waals surface area (Å²) in [5.41, 5.74) is -1.02. The van der Waals surface area contributed by atoms with Crippen molar-refractivity contribution in [3.8, 4) is 0 Å². The van der Waals surface area contributed by atoms with Crippen molar-refractivity contribution in [2.45, 2.75) is 29.6 Å². The van der Waals surface area contributed by atoms with E-state index in [-0.39, 0.29) is 5.13 Å². The Labute approximate surface area is 179 Å². The monoisotopic (exact) mass is 468 g/mol. The lowest BCUT2D eigenvalue weighted by Crippen LogP contribution is -2.36. The van der Waals surface area contributed by atoms with E-state index in [2.05, 4.69) is 15.5 Å². The number of carbonyl (C=O) groups is 1. The molecule has 0 bridgehead atoms. The molecule has 0 unspecified atom stereocenters. The fourth-order valence-corrected chi connectivity index (χ4v) is 5.03. The van der Waals surface area contributed by atoms with Crippen LogP contribution in [0.2, 0.25) is 0 Å². The van der Waals surface area contributed by atoms with Gasteiger partial charge in [-0.05, 0) is 37.1 Å². The zero-order valence-corrected chi connectivity index (χ0v) is 17.4. The highest BCUT2D eigenvalue weighted by atomic mass is 32.2. The number of benzene rings is 2. The highest BCUT2D eigenvalue weighted by molar-refractivity contribution is 7.89. The molecule has 4 rings (SSSR count).